The van der Waals surface area contributed by atoms with Gasteiger partial charge in [0.1, 0.15) is 0 Å². The van der Waals surface area contributed by atoms with Gasteiger partial charge in [-0.15, -0.1) is 0 Å². The van der Waals surface area contributed by atoms with Crippen LogP contribution in [0.25, 0.3) is 11.4 Å². The van der Waals surface area contributed by atoms with Crippen molar-refractivity contribution in [2.45, 2.75) is 33.6 Å². The van der Waals surface area contributed by atoms with Gasteiger partial charge in [0.25, 0.3) is 0 Å². The first-order valence-corrected chi connectivity index (χ1v) is 8.12. The van der Waals surface area contributed by atoms with Crippen molar-refractivity contribution in [3.63, 3.8) is 0 Å². The Morgan fingerprint density at radius 3 is 2.46 bits per heavy atom. The van der Waals surface area contributed by atoms with Crippen molar-refractivity contribution in [1.29, 1.82) is 0 Å². The van der Waals surface area contributed by atoms with Gasteiger partial charge in [-0.3, -0.25) is 4.79 Å². The molecule has 1 aromatic carbocycles. The lowest BCUT2D eigenvalue weighted by Gasteiger charge is -2.16. The zero-order valence-corrected chi connectivity index (χ0v) is 15.1. The summed E-state index contributed by atoms with van der Waals surface area (Å²) in [6.45, 7) is 6.62. The largest absolute Gasteiger partial charge is 0.378 e. The molecule has 1 aromatic heterocycles. The SMILES string of the molecule is CN(C)c1ccc(-c2noc(CCNC(=O)CC(C)(C)C)n2)cc1. The Labute approximate surface area is 143 Å². The average molecular weight is 330 g/mol. The summed E-state index contributed by atoms with van der Waals surface area (Å²) in [4.78, 5) is 18.2. The van der Waals surface area contributed by atoms with Crippen molar-refractivity contribution in [2.75, 3.05) is 25.5 Å². The first-order chi connectivity index (χ1) is 11.2. The maximum Gasteiger partial charge on any atom is 0.228 e. The van der Waals surface area contributed by atoms with Gasteiger partial charge in [0.05, 0.1) is 0 Å². The van der Waals surface area contributed by atoms with Crippen molar-refractivity contribution < 1.29 is 9.32 Å². The van der Waals surface area contributed by atoms with Crippen molar-refractivity contribution in [2.24, 2.45) is 5.41 Å². The van der Waals surface area contributed by atoms with E-state index >= 15 is 0 Å². The van der Waals surface area contributed by atoms with Crippen LogP contribution in [0.2, 0.25) is 0 Å². The third-order valence-electron chi connectivity index (χ3n) is 3.46. The van der Waals surface area contributed by atoms with E-state index in [-0.39, 0.29) is 11.3 Å². The fraction of sp³-hybridized carbons (Fsp3) is 0.500. The van der Waals surface area contributed by atoms with E-state index in [0.29, 0.717) is 31.1 Å². The number of anilines is 1. The summed E-state index contributed by atoms with van der Waals surface area (Å²) >= 11 is 0. The zero-order chi connectivity index (χ0) is 17.7. The number of nitrogens with zero attached hydrogens (tertiary/aromatic N) is 3. The van der Waals surface area contributed by atoms with Crippen molar-refractivity contribution in [3.8, 4) is 11.4 Å². The van der Waals surface area contributed by atoms with E-state index in [2.05, 4.69) is 15.5 Å². The average Bonchev–Trinajstić information content (AvgIpc) is 2.94. The van der Waals surface area contributed by atoms with E-state index in [1.807, 2.05) is 64.0 Å². The van der Waals surface area contributed by atoms with Gasteiger partial charge in [-0.2, -0.15) is 4.98 Å². The highest BCUT2D eigenvalue weighted by Crippen LogP contribution is 2.20. The lowest BCUT2D eigenvalue weighted by atomic mass is 9.92. The number of hydrogen-bond donors (Lipinski definition) is 1. The van der Waals surface area contributed by atoms with E-state index in [9.17, 15) is 4.79 Å². The quantitative estimate of drug-likeness (QED) is 0.882. The Morgan fingerprint density at radius 2 is 1.88 bits per heavy atom. The summed E-state index contributed by atoms with van der Waals surface area (Å²) in [5, 5.41) is 6.89. The van der Waals surface area contributed by atoms with Gasteiger partial charge < -0.3 is 14.7 Å². The van der Waals surface area contributed by atoms with E-state index in [4.69, 9.17) is 4.52 Å². The molecule has 0 fully saturated rings. The van der Waals surface area contributed by atoms with E-state index in [0.717, 1.165) is 11.3 Å². The molecule has 0 unspecified atom stereocenters. The highest BCUT2D eigenvalue weighted by Gasteiger charge is 2.16. The molecule has 2 rings (SSSR count). The van der Waals surface area contributed by atoms with Crippen LogP contribution < -0.4 is 10.2 Å². The predicted octanol–water partition coefficient (Wildman–Crippen LogP) is 2.90. The third kappa shape index (κ3) is 5.37. The van der Waals surface area contributed by atoms with Gasteiger partial charge in [-0.25, -0.2) is 0 Å². The van der Waals surface area contributed by atoms with Crippen LogP contribution in [-0.4, -0.2) is 36.7 Å². The molecule has 6 nitrogen and oxygen atoms in total. The molecule has 1 amide bonds. The highest BCUT2D eigenvalue weighted by atomic mass is 16.5. The van der Waals surface area contributed by atoms with E-state index in [1.165, 1.54) is 0 Å². The Balaban J connectivity index is 1.88. The summed E-state index contributed by atoms with van der Waals surface area (Å²) in [5.74, 6) is 1.13. The number of carbonyl (C=O) groups is 1. The van der Waals surface area contributed by atoms with Crippen LogP contribution in [0.1, 0.15) is 33.1 Å². The number of aromatic nitrogens is 2. The zero-order valence-electron chi connectivity index (χ0n) is 15.1. The number of nitrogens with one attached hydrogen (secondary N) is 1. The Morgan fingerprint density at radius 1 is 1.21 bits per heavy atom. The van der Waals surface area contributed by atoms with Gasteiger partial charge in [-0.1, -0.05) is 25.9 Å². The Kier molecular flexibility index (Phi) is 5.59. The maximum atomic E-state index is 11.8. The van der Waals surface area contributed by atoms with E-state index in [1.54, 1.807) is 0 Å². The molecule has 1 heterocycles. The number of carbonyl (C=O) groups excluding carboxylic acids is 1. The third-order valence-corrected chi connectivity index (χ3v) is 3.46. The van der Waals surface area contributed by atoms with Crippen LogP contribution in [0.3, 0.4) is 0 Å². The van der Waals surface area contributed by atoms with Crippen LogP contribution in [0, 0.1) is 5.41 Å². The fourth-order valence-electron chi connectivity index (χ4n) is 2.24. The van der Waals surface area contributed by atoms with Crippen LogP contribution in [0.15, 0.2) is 28.8 Å². The molecule has 0 atom stereocenters. The molecule has 0 aliphatic heterocycles. The van der Waals surface area contributed by atoms with Gasteiger partial charge in [0, 0.05) is 44.7 Å². The van der Waals surface area contributed by atoms with Crippen molar-refractivity contribution in [1.82, 2.24) is 15.5 Å². The normalized spacial score (nSPS) is 11.4. The van der Waals surface area contributed by atoms with E-state index < -0.39 is 0 Å². The van der Waals surface area contributed by atoms with Crippen LogP contribution >= 0.6 is 0 Å². The molecular weight excluding hydrogens is 304 g/mol. The fourth-order valence-corrected chi connectivity index (χ4v) is 2.24. The first kappa shape index (κ1) is 18.0. The molecule has 0 spiro atoms. The number of benzene rings is 1. The molecule has 0 aliphatic carbocycles. The Hall–Kier alpha value is -2.37. The number of amides is 1. The first-order valence-electron chi connectivity index (χ1n) is 8.12. The van der Waals surface area contributed by atoms with Gasteiger partial charge in [-0.05, 0) is 29.7 Å². The number of rotatable bonds is 6. The van der Waals surface area contributed by atoms with Gasteiger partial charge in [0.15, 0.2) is 0 Å². The maximum absolute atomic E-state index is 11.8. The predicted molar refractivity (Wildman–Crippen MR) is 94.8 cm³/mol. The second kappa shape index (κ2) is 7.47. The molecule has 130 valence electrons. The van der Waals surface area contributed by atoms with Crippen LogP contribution in [0.4, 0.5) is 5.69 Å². The summed E-state index contributed by atoms with van der Waals surface area (Å²) < 4.78 is 5.26. The molecule has 0 radical (unpaired) electrons. The molecule has 0 bridgehead atoms. The van der Waals surface area contributed by atoms with Crippen LogP contribution in [-0.2, 0) is 11.2 Å². The van der Waals surface area contributed by atoms with Gasteiger partial charge >= 0.3 is 0 Å². The highest BCUT2D eigenvalue weighted by molar-refractivity contribution is 5.76. The minimum Gasteiger partial charge on any atom is -0.378 e. The summed E-state index contributed by atoms with van der Waals surface area (Å²) in [6.07, 6.45) is 1.03. The molecular formula is C18H26N4O2. The summed E-state index contributed by atoms with van der Waals surface area (Å²) in [5.41, 5.74) is 2.01. The minimum absolute atomic E-state index is 0.0134. The molecule has 0 saturated carbocycles. The second-order valence-electron chi connectivity index (χ2n) is 7.29. The summed E-state index contributed by atoms with van der Waals surface area (Å²) in [6, 6.07) is 7.96. The lowest BCUT2D eigenvalue weighted by Crippen LogP contribution is -2.29. The molecule has 2 aromatic rings. The van der Waals surface area contributed by atoms with Gasteiger partial charge in [0.2, 0.25) is 17.6 Å². The monoisotopic (exact) mass is 330 g/mol. The number of hydrogen-bond acceptors (Lipinski definition) is 5. The second-order valence-corrected chi connectivity index (χ2v) is 7.29. The molecule has 0 aliphatic rings. The molecule has 0 saturated heterocycles. The minimum atomic E-state index is -0.0134. The topological polar surface area (TPSA) is 71.3 Å². The molecule has 24 heavy (non-hydrogen) atoms. The van der Waals surface area contributed by atoms with Crippen molar-refractivity contribution >= 4 is 11.6 Å². The standard InChI is InChI=1S/C18H26N4O2/c1-18(2,3)12-15(23)19-11-10-16-20-17(21-24-16)13-6-8-14(9-7-13)22(4)5/h6-9H,10-12H2,1-5H3,(H,19,23). The Bertz CT molecular complexity index is 669. The van der Waals surface area contributed by atoms with Crippen molar-refractivity contribution in [3.05, 3.63) is 30.2 Å². The molecule has 1 N–H and O–H groups in total. The lowest BCUT2D eigenvalue weighted by molar-refractivity contribution is -0.122. The smallest absolute Gasteiger partial charge is 0.228 e. The molecule has 6 heteroatoms. The van der Waals surface area contributed by atoms with Crippen LogP contribution in [0.5, 0.6) is 0 Å². The summed E-state index contributed by atoms with van der Waals surface area (Å²) in [7, 11) is 3.99.